The van der Waals surface area contributed by atoms with Crippen LogP contribution in [0.1, 0.15) is 36.0 Å². The van der Waals surface area contributed by atoms with E-state index in [9.17, 15) is 4.79 Å². The zero-order chi connectivity index (χ0) is 15.7. The number of hydrogen-bond acceptors (Lipinski definition) is 3. The van der Waals surface area contributed by atoms with Crippen molar-refractivity contribution in [3.63, 3.8) is 0 Å². The van der Waals surface area contributed by atoms with Crippen LogP contribution in [0.5, 0.6) is 5.75 Å². The van der Waals surface area contributed by atoms with Gasteiger partial charge in [-0.1, -0.05) is 11.6 Å². The van der Waals surface area contributed by atoms with Crippen molar-refractivity contribution in [3.8, 4) is 5.75 Å². The van der Waals surface area contributed by atoms with Gasteiger partial charge >= 0.3 is 0 Å². The Morgan fingerprint density at radius 2 is 1.95 bits per heavy atom. The number of halogens is 1. The molecule has 1 aromatic carbocycles. The van der Waals surface area contributed by atoms with Crippen molar-refractivity contribution in [1.82, 2.24) is 9.80 Å². The molecular weight excluding hydrogens is 300 g/mol. The molecule has 2 atom stereocenters. The van der Waals surface area contributed by atoms with Gasteiger partial charge in [-0.15, -0.1) is 0 Å². The Bertz CT molecular complexity index is 564. The number of amides is 1. The molecule has 2 aliphatic heterocycles. The zero-order valence-corrected chi connectivity index (χ0v) is 14.0. The minimum atomic E-state index is 0.0437. The Morgan fingerprint density at radius 1 is 1.23 bits per heavy atom. The summed E-state index contributed by atoms with van der Waals surface area (Å²) in [5, 5.41) is 0.567. The van der Waals surface area contributed by atoms with Gasteiger partial charge in [-0.05, 0) is 57.5 Å². The van der Waals surface area contributed by atoms with Gasteiger partial charge in [0.2, 0.25) is 0 Å². The van der Waals surface area contributed by atoms with Crippen molar-refractivity contribution in [2.45, 2.75) is 37.8 Å². The summed E-state index contributed by atoms with van der Waals surface area (Å²) in [6.45, 7) is 1.95. The van der Waals surface area contributed by atoms with Crippen LogP contribution in [-0.2, 0) is 0 Å². The van der Waals surface area contributed by atoms with Crippen LogP contribution in [0, 0.1) is 0 Å². The van der Waals surface area contributed by atoms with Gasteiger partial charge in [0, 0.05) is 23.7 Å². The second kappa shape index (κ2) is 6.47. The number of benzene rings is 1. The van der Waals surface area contributed by atoms with Crippen molar-refractivity contribution < 1.29 is 9.53 Å². The van der Waals surface area contributed by atoms with Gasteiger partial charge in [0.25, 0.3) is 5.91 Å². The Hall–Kier alpha value is -1.26. The molecule has 0 radical (unpaired) electrons. The Balaban J connectivity index is 1.86. The van der Waals surface area contributed by atoms with Crippen LogP contribution in [0.2, 0.25) is 5.02 Å². The number of hydrogen-bond donors (Lipinski definition) is 0. The molecule has 0 aromatic heterocycles. The number of ether oxygens (including phenoxy) is 1. The minimum Gasteiger partial charge on any atom is -0.496 e. The third-order valence-electron chi connectivity index (χ3n) is 4.97. The molecule has 2 fully saturated rings. The van der Waals surface area contributed by atoms with Gasteiger partial charge in [-0.2, -0.15) is 0 Å². The Morgan fingerprint density at radius 3 is 2.64 bits per heavy atom. The van der Waals surface area contributed by atoms with Crippen LogP contribution in [0.25, 0.3) is 0 Å². The molecule has 120 valence electrons. The van der Waals surface area contributed by atoms with E-state index in [2.05, 4.69) is 11.9 Å². The summed E-state index contributed by atoms with van der Waals surface area (Å²) in [4.78, 5) is 17.4. The summed E-state index contributed by atoms with van der Waals surface area (Å²) in [5.41, 5.74) is 0.572. The smallest absolute Gasteiger partial charge is 0.257 e. The highest BCUT2D eigenvalue weighted by molar-refractivity contribution is 6.31. The molecule has 0 saturated carbocycles. The molecule has 1 aromatic rings. The largest absolute Gasteiger partial charge is 0.496 e. The summed E-state index contributed by atoms with van der Waals surface area (Å²) < 4.78 is 5.35. The molecule has 5 heteroatoms. The number of likely N-dealkylation sites (tertiary alicyclic amines) is 2. The fourth-order valence-electron chi connectivity index (χ4n) is 3.87. The number of rotatable bonds is 3. The fourth-order valence-corrected chi connectivity index (χ4v) is 4.04. The lowest BCUT2D eigenvalue weighted by molar-refractivity contribution is 0.0661. The molecule has 2 heterocycles. The molecule has 22 heavy (non-hydrogen) atoms. The maximum atomic E-state index is 13.0. The van der Waals surface area contributed by atoms with Crippen molar-refractivity contribution in [1.29, 1.82) is 0 Å². The third kappa shape index (κ3) is 2.82. The second-order valence-electron chi connectivity index (χ2n) is 6.24. The fraction of sp³-hybridized carbons (Fsp3) is 0.588. The molecule has 0 N–H and O–H groups in total. The number of carbonyl (C=O) groups is 1. The summed E-state index contributed by atoms with van der Waals surface area (Å²) in [7, 11) is 3.75. The maximum Gasteiger partial charge on any atom is 0.257 e. The van der Waals surface area contributed by atoms with Gasteiger partial charge in [-0.25, -0.2) is 0 Å². The molecule has 0 spiro atoms. The van der Waals surface area contributed by atoms with E-state index in [1.807, 2.05) is 4.90 Å². The van der Waals surface area contributed by atoms with Gasteiger partial charge in [0.1, 0.15) is 5.75 Å². The van der Waals surface area contributed by atoms with Gasteiger partial charge < -0.3 is 14.5 Å². The lowest BCUT2D eigenvalue weighted by Crippen LogP contribution is -2.47. The van der Waals surface area contributed by atoms with Crippen LogP contribution in [0.15, 0.2) is 18.2 Å². The van der Waals surface area contributed by atoms with Crippen LogP contribution >= 0.6 is 11.6 Å². The van der Waals surface area contributed by atoms with E-state index in [0.717, 1.165) is 25.9 Å². The van der Waals surface area contributed by atoms with E-state index < -0.39 is 0 Å². The SMILES string of the molecule is COc1ccc(Cl)cc1C(=O)N1CCC[C@H]1[C@@H]1CCCN1C. The topological polar surface area (TPSA) is 32.8 Å². The van der Waals surface area contributed by atoms with Gasteiger partial charge in [0.05, 0.1) is 12.7 Å². The first-order valence-corrected chi connectivity index (χ1v) is 8.34. The molecule has 0 bridgehead atoms. The zero-order valence-electron chi connectivity index (χ0n) is 13.2. The van der Waals surface area contributed by atoms with E-state index in [1.165, 1.54) is 12.8 Å². The van der Waals surface area contributed by atoms with Crippen molar-refractivity contribution in [2.24, 2.45) is 0 Å². The monoisotopic (exact) mass is 322 g/mol. The predicted molar refractivity (Wildman–Crippen MR) is 87.7 cm³/mol. The normalized spacial score (nSPS) is 25.7. The van der Waals surface area contributed by atoms with E-state index >= 15 is 0 Å². The average molecular weight is 323 g/mol. The van der Waals surface area contributed by atoms with Crippen LogP contribution < -0.4 is 4.74 Å². The summed E-state index contributed by atoms with van der Waals surface area (Å²) in [6.07, 6.45) is 4.56. The first-order chi connectivity index (χ1) is 10.6. The van der Waals surface area contributed by atoms with Crippen LogP contribution in [0.4, 0.5) is 0 Å². The summed E-state index contributed by atoms with van der Waals surface area (Å²) >= 11 is 6.08. The summed E-state index contributed by atoms with van der Waals surface area (Å²) in [6, 6.07) is 6.03. The highest BCUT2D eigenvalue weighted by atomic mass is 35.5. The highest BCUT2D eigenvalue weighted by Gasteiger charge is 2.39. The van der Waals surface area contributed by atoms with Crippen LogP contribution in [-0.4, -0.2) is 55.0 Å². The van der Waals surface area contributed by atoms with E-state index in [4.69, 9.17) is 16.3 Å². The van der Waals surface area contributed by atoms with Crippen molar-refractivity contribution in [2.75, 3.05) is 27.2 Å². The maximum absolute atomic E-state index is 13.0. The first-order valence-electron chi connectivity index (χ1n) is 7.96. The molecule has 0 aliphatic carbocycles. The lowest BCUT2D eigenvalue weighted by Gasteiger charge is -2.33. The number of likely N-dealkylation sites (N-methyl/N-ethyl adjacent to an activating group) is 1. The molecule has 0 unspecified atom stereocenters. The van der Waals surface area contributed by atoms with E-state index in [-0.39, 0.29) is 5.91 Å². The average Bonchev–Trinajstić information content (AvgIpc) is 3.14. The molecule has 2 saturated heterocycles. The van der Waals surface area contributed by atoms with Crippen molar-refractivity contribution >= 4 is 17.5 Å². The minimum absolute atomic E-state index is 0.0437. The number of nitrogens with zero attached hydrogens (tertiary/aromatic N) is 2. The molecular formula is C17H23ClN2O2. The predicted octanol–water partition coefficient (Wildman–Crippen LogP) is 3.05. The Labute approximate surface area is 137 Å². The summed E-state index contributed by atoms with van der Waals surface area (Å²) in [5.74, 6) is 0.641. The van der Waals surface area contributed by atoms with E-state index in [0.29, 0.717) is 28.4 Å². The molecule has 4 nitrogen and oxygen atoms in total. The third-order valence-corrected chi connectivity index (χ3v) is 5.21. The Kier molecular flexibility index (Phi) is 4.59. The van der Waals surface area contributed by atoms with Crippen molar-refractivity contribution in [3.05, 3.63) is 28.8 Å². The quantitative estimate of drug-likeness (QED) is 0.857. The highest BCUT2D eigenvalue weighted by Crippen LogP contribution is 2.32. The molecule has 2 aliphatic rings. The second-order valence-corrected chi connectivity index (χ2v) is 6.68. The first kappa shape index (κ1) is 15.6. The van der Waals surface area contributed by atoms with Gasteiger partial charge in [0.15, 0.2) is 0 Å². The molecule has 1 amide bonds. The number of carbonyl (C=O) groups excluding carboxylic acids is 1. The standard InChI is InChI=1S/C17H23ClN2O2/c1-19-9-3-5-14(19)15-6-4-10-20(15)17(21)13-11-12(18)7-8-16(13)22-2/h7-8,11,14-15H,3-6,9-10H2,1-2H3/t14-,15-/m0/s1. The van der Waals surface area contributed by atoms with Gasteiger partial charge in [-0.3, -0.25) is 4.79 Å². The van der Waals surface area contributed by atoms with E-state index in [1.54, 1.807) is 25.3 Å². The number of methoxy groups -OCH3 is 1. The molecule has 3 rings (SSSR count). The van der Waals surface area contributed by atoms with Crippen LogP contribution in [0.3, 0.4) is 0 Å². The lowest BCUT2D eigenvalue weighted by atomic mass is 10.0.